The van der Waals surface area contributed by atoms with Crippen molar-refractivity contribution in [2.24, 2.45) is 11.8 Å². The van der Waals surface area contributed by atoms with Crippen LogP contribution in [0.3, 0.4) is 0 Å². The molecular formula is C24H31N4O5+. The number of ether oxygens (including phenoxy) is 1. The van der Waals surface area contributed by atoms with E-state index >= 15 is 0 Å². The Morgan fingerprint density at radius 1 is 1.15 bits per heavy atom. The smallest absolute Gasteiger partial charge is 0.422 e. The van der Waals surface area contributed by atoms with Crippen molar-refractivity contribution < 1.29 is 28.3 Å². The highest BCUT2D eigenvalue weighted by molar-refractivity contribution is 5.83. The van der Waals surface area contributed by atoms with Gasteiger partial charge in [-0.2, -0.15) is 5.10 Å². The summed E-state index contributed by atoms with van der Waals surface area (Å²) in [6.07, 6.45) is 10.2. The molecule has 33 heavy (non-hydrogen) atoms. The molecule has 5 heterocycles. The summed E-state index contributed by atoms with van der Waals surface area (Å²) < 4.78 is 11.4. The minimum absolute atomic E-state index is 0.160. The van der Waals surface area contributed by atoms with Crippen molar-refractivity contribution in [2.45, 2.75) is 56.7 Å². The Kier molecular flexibility index (Phi) is 5.92. The van der Waals surface area contributed by atoms with E-state index in [2.05, 4.69) is 15.5 Å². The van der Waals surface area contributed by atoms with Crippen molar-refractivity contribution in [3.63, 3.8) is 0 Å². The Hall–Kier alpha value is -2.78. The third-order valence-electron chi connectivity index (χ3n) is 7.88. The van der Waals surface area contributed by atoms with Gasteiger partial charge in [-0.25, -0.2) is 14.1 Å². The van der Waals surface area contributed by atoms with E-state index in [1.165, 1.54) is 12.5 Å². The second kappa shape index (κ2) is 8.87. The molecule has 9 nitrogen and oxygen atoms in total. The molecular weight excluding hydrogens is 424 g/mol. The molecule has 0 radical (unpaired) electrons. The number of urea groups is 1. The van der Waals surface area contributed by atoms with Crippen LogP contribution in [0.2, 0.25) is 0 Å². The summed E-state index contributed by atoms with van der Waals surface area (Å²) in [6.45, 7) is 1.79. The molecule has 3 saturated heterocycles. The van der Waals surface area contributed by atoms with Crippen LogP contribution in [0.25, 0.3) is 0 Å². The number of nitrogens with one attached hydrogen (secondary N) is 1. The second-order valence-electron chi connectivity index (χ2n) is 9.71. The number of aromatic nitrogens is 2. The van der Waals surface area contributed by atoms with Gasteiger partial charge in [0.15, 0.2) is 17.5 Å². The quantitative estimate of drug-likeness (QED) is 0.525. The largest absolute Gasteiger partial charge is 0.472 e. The lowest BCUT2D eigenvalue weighted by molar-refractivity contribution is -0.869. The van der Waals surface area contributed by atoms with Gasteiger partial charge in [0.2, 0.25) is 0 Å². The van der Waals surface area contributed by atoms with E-state index in [1.54, 1.807) is 24.4 Å². The zero-order valence-electron chi connectivity index (χ0n) is 18.7. The summed E-state index contributed by atoms with van der Waals surface area (Å²) in [5.74, 6) is -0.233. The third kappa shape index (κ3) is 4.04. The number of quaternary nitrogens is 1. The molecule has 0 spiro atoms. The Morgan fingerprint density at radius 3 is 2.61 bits per heavy atom. The van der Waals surface area contributed by atoms with Crippen LogP contribution in [0, 0.1) is 11.8 Å². The Bertz CT molecular complexity index is 968. The van der Waals surface area contributed by atoms with E-state index in [4.69, 9.17) is 9.15 Å². The first-order valence-corrected chi connectivity index (χ1v) is 11.9. The predicted molar refractivity (Wildman–Crippen MR) is 118 cm³/mol. The normalized spacial score (nSPS) is 29.2. The number of hydrogen-bond donors (Lipinski definition) is 2. The molecule has 1 unspecified atom stereocenters. The van der Waals surface area contributed by atoms with Gasteiger partial charge in [-0.3, -0.25) is 5.32 Å². The Labute approximate surface area is 192 Å². The van der Waals surface area contributed by atoms with Crippen LogP contribution >= 0.6 is 0 Å². The molecule has 2 aromatic heterocycles. The molecule has 2 bridgehead atoms. The van der Waals surface area contributed by atoms with Crippen LogP contribution < -0.4 is 5.32 Å². The maximum absolute atomic E-state index is 13.5. The summed E-state index contributed by atoms with van der Waals surface area (Å²) in [5.41, 5.74) is -1.28. The van der Waals surface area contributed by atoms with E-state index in [9.17, 15) is 14.7 Å². The van der Waals surface area contributed by atoms with Gasteiger partial charge in [-0.1, -0.05) is 19.3 Å². The van der Waals surface area contributed by atoms with Gasteiger partial charge < -0.3 is 14.3 Å². The number of hydrogen-bond acceptors (Lipinski definition) is 7. The highest BCUT2D eigenvalue weighted by Crippen LogP contribution is 2.42. The fraction of sp³-hybridized carbons (Fsp3) is 0.583. The number of aliphatic hydroxyl groups is 1. The van der Waals surface area contributed by atoms with E-state index in [0.717, 1.165) is 44.9 Å². The molecule has 2 aromatic rings. The Balaban J connectivity index is 1.34. The number of carbonyl (C=O) groups excluding carboxylic acids is 2. The van der Waals surface area contributed by atoms with E-state index in [-0.39, 0.29) is 22.3 Å². The van der Waals surface area contributed by atoms with E-state index < -0.39 is 17.7 Å². The first-order valence-electron chi connectivity index (χ1n) is 11.9. The first kappa shape index (κ1) is 22.0. The molecule has 176 valence electrons. The number of carbonyl (C=O) groups is 2. The maximum Gasteiger partial charge on any atom is 0.422 e. The van der Waals surface area contributed by atoms with E-state index in [0.29, 0.717) is 31.0 Å². The van der Waals surface area contributed by atoms with Crippen LogP contribution in [0.15, 0.2) is 41.3 Å². The fourth-order valence-electron chi connectivity index (χ4n) is 5.90. The molecule has 1 saturated carbocycles. The van der Waals surface area contributed by atoms with Crippen molar-refractivity contribution in [1.29, 1.82) is 0 Å². The topological polar surface area (TPSA) is 115 Å². The van der Waals surface area contributed by atoms with Gasteiger partial charge in [0.25, 0.3) is 0 Å². The zero-order valence-corrected chi connectivity index (χ0v) is 18.7. The average Bonchev–Trinajstić information content (AvgIpc) is 3.41. The highest BCUT2D eigenvalue weighted by Gasteiger charge is 2.55. The van der Waals surface area contributed by atoms with Gasteiger partial charge >= 0.3 is 12.0 Å². The number of nitrogens with zero attached hydrogens (tertiary/aromatic N) is 3. The molecule has 2 N–H and O–H groups in total. The number of amides is 2. The van der Waals surface area contributed by atoms with Gasteiger partial charge in [0.05, 0.1) is 25.6 Å². The minimum atomic E-state index is -1.73. The fourth-order valence-corrected chi connectivity index (χ4v) is 5.90. The Morgan fingerprint density at radius 2 is 1.94 bits per heavy atom. The highest BCUT2D eigenvalue weighted by atomic mass is 16.6. The number of furan rings is 1. The summed E-state index contributed by atoms with van der Waals surface area (Å²) >= 11 is 0. The van der Waals surface area contributed by atoms with Crippen molar-refractivity contribution in [1.82, 2.24) is 10.2 Å². The zero-order chi connectivity index (χ0) is 22.9. The van der Waals surface area contributed by atoms with Crippen molar-refractivity contribution in [3.05, 3.63) is 42.5 Å². The molecule has 4 fully saturated rings. The molecule has 2 atom stereocenters. The maximum atomic E-state index is 13.5. The van der Waals surface area contributed by atoms with Crippen molar-refractivity contribution >= 4 is 17.8 Å². The monoisotopic (exact) mass is 455 g/mol. The number of anilines is 1. The van der Waals surface area contributed by atoms with Crippen LogP contribution in [-0.2, 0) is 15.1 Å². The molecule has 3 aliphatic heterocycles. The van der Waals surface area contributed by atoms with Gasteiger partial charge in [0, 0.05) is 36.4 Å². The summed E-state index contributed by atoms with van der Waals surface area (Å²) in [4.78, 5) is 26.7. The SMILES string of the molecule is O=C(O[C@H]1C[N+]2(C(=O)Nc3cccnn3)CCC1CC2)C(O)(c1ccoc1)C1CCCCC1. The third-order valence-corrected chi connectivity index (χ3v) is 7.88. The molecule has 2 amide bonds. The molecule has 1 aliphatic carbocycles. The number of piperidine rings is 3. The average molecular weight is 456 g/mol. The molecule has 6 rings (SSSR count). The van der Waals surface area contributed by atoms with Crippen molar-refractivity contribution in [2.75, 3.05) is 25.0 Å². The number of esters is 1. The molecule has 4 aliphatic rings. The lowest BCUT2D eigenvalue weighted by Gasteiger charge is -2.50. The first-order chi connectivity index (χ1) is 16.0. The number of fused-ring (bicyclic) bond motifs is 3. The van der Waals surface area contributed by atoms with Crippen molar-refractivity contribution in [3.8, 4) is 0 Å². The molecule has 9 heteroatoms. The van der Waals surface area contributed by atoms with Crippen LogP contribution in [0.4, 0.5) is 10.6 Å². The summed E-state index contributed by atoms with van der Waals surface area (Å²) in [5, 5.41) is 22.3. The van der Waals surface area contributed by atoms with Crippen LogP contribution in [0.1, 0.15) is 50.5 Å². The lowest BCUT2D eigenvalue weighted by Crippen LogP contribution is -2.68. The van der Waals surface area contributed by atoms with Crippen LogP contribution in [-0.4, -0.2) is 57.5 Å². The lowest BCUT2D eigenvalue weighted by atomic mass is 9.74. The number of rotatable bonds is 5. The second-order valence-corrected chi connectivity index (χ2v) is 9.71. The van der Waals surface area contributed by atoms with E-state index in [1.807, 2.05) is 0 Å². The minimum Gasteiger partial charge on any atom is -0.472 e. The van der Waals surface area contributed by atoms with Gasteiger partial charge in [-0.15, -0.1) is 5.10 Å². The summed E-state index contributed by atoms with van der Waals surface area (Å²) in [7, 11) is 0. The molecule has 0 aromatic carbocycles. The van der Waals surface area contributed by atoms with Gasteiger partial charge in [-0.05, 0) is 31.0 Å². The standard InChI is InChI=1S/C24H30N4O5/c29-22(24(31,19-10-14-32-16-19)18-5-2-1-3-6-18)33-20-15-28(12-8-17(20)9-13-28)23(30)26-21-7-4-11-25-27-21/h4,7,10-11,14,16-18,20,31H,1-3,5-6,8-9,12-13,15H2/p+1/t17?,20-,24?,28?/m0/s1. The van der Waals surface area contributed by atoms with Crippen LogP contribution in [0.5, 0.6) is 0 Å². The van der Waals surface area contributed by atoms with Gasteiger partial charge in [0.1, 0.15) is 6.54 Å². The summed E-state index contributed by atoms with van der Waals surface area (Å²) in [6, 6.07) is 4.91. The predicted octanol–water partition coefficient (Wildman–Crippen LogP) is 3.22.